The fourth-order valence-corrected chi connectivity index (χ4v) is 3.26. The lowest BCUT2D eigenvalue weighted by Gasteiger charge is -2.31. The van der Waals surface area contributed by atoms with Gasteiger partial charge in [0, 0.05) is 0 Å². The highest BCUT2D eigenvalue weighted by Gasteiger charge is 2.45. The summed E-state index contributed by atoms with van der Waals surface area (Å²) in [5, 5.41) is 4.92. The van der Waals surface area contributed by atoms with Crippen LogP contribution in [-0.4, -0.2) is 66.8 Å². The van der Waals surface area contributed by atoms with E-state index in [0.29, 0.717) is 13.0 Å². The van der Waals surface area contributed by atoms with Crippen molar-refractivity contribution in [2.75, 3.05) is 19.7 Å². The first-order chi connectivity index (χ1) is 14.8. The standard InChI is InChI=1S/C21H27N3O7/c1-13(2)19(20(27)29-12-15-10-24-17(26)8-18(24)31-15)23-16(25)9-22-21(28)30-11-14-6-4-3-5-7-14/h3-7,13,15,18-19H,8-12H2,1-2H3,(H,22,28)(H,23,25). The lowest BCUT2D eigenvalue weighted by Crippen LogP contribution is -2.49. The average Bonchev–Trinajstić information content (AvgIpc) is 3.09. The molecule has 0 saturated carbocycles. The van der Waals surface area contributed by atoms with Crippen LogP contribution in [0.2, 0.25) is 0 Å². The van der Waals surface area contributed by atoms with Crippen LogP contribution in [0.15, 0.2) is 30.3 Å². The maximum atomic E-state index is 12.4. The number of carbonyl (C=O) groups excluding carboxylic acids is 4. The van der Waals surface area contributed by atoms with Crippen LogP contribution in [0.3, 0.4) is 0 Å². The molecular weight excluding hydrogens is 406 g/mol. The zero-order valence-corrected chi connectivity index (χ0v) is 17.5. The first-order valence-corrected chi connectivity index (χ1v) is 10.2. The number of fused-ring (bicyclic) bond motifs is 1. The summed E-state index contributed by atoms with van der Waals surface area (Å²) in [5.74, 6) is -1.34. The molecule has 168 valence electrons. The maximum absolute atomic E-state index is 12.4. The SMILES string of the molecule is CC(C)C(NC(=O)CNC(=O)OCc1ccccc1)C(=O)OCC1CN2C(=O)CC2O1. The zero-order valence-electron chi connectivity index (χ0n) is 17.5. The van der Waals surface area contributed by atoms with Crippen molar-refractivity contribution in [3.8, 4) is 0 Å². The number of rotatable bonds is 9. The van der Waals surface area contributed by atoms with E-state index in [9.17, 15) is 19.2 Å². The Bertz CT molecular complexity index is 814. The van der Waals surface area contributed by atoms with Gasteiger partial charge in [0.25, 0.3) is 0 Å². The van der Waals surface area contributed by atoms with Gasteiger partial charge in [0.05, 0.1) is 13.0 Å². The smallest absolute Gasteiger partial charge is 0.407 e. The highest BCUT2D eigenvalue weighted by Crippen LogP contribution is 2.28. The summed E-state index contributed by atoms with van der Waals surface area (Å²) >= 11 is 0. The molecule has 10 nitrogen and oxygen atoms in total. The summed E-state index contributed by atoms with van der Waals surface area (Å²) in [4.78, 5) is 49.4. The molecule has 0 bridgehead atoms. The number of benzene rings is 1. The minimum Gasteiger partial charge on any atom is -0.461 e. The normalized spacial score (nSPS) is 20.5. The molecule has 3 rings (SSSR count). The van der Waals surface area contributed by atoms with Crippen LogP contribution >= 0.6 is 0 Å². The molecule has 31 heavy (non-hydrogen) atoms. The van der Waals surface area contributed by atoms with Gasteiger partial charge in [-0.05, 0) is 11.5 Å². The first kappa shape index (κ1) is 22.5. The lowest BCUT2D eigenvalue weighted by atomic mass is 10.0. The van der Waals surface area contributed by atoms with Gasteiger partial charge in [0.1, 0.15) is 38.1 Å². The number of alkyl carbamates (subject to hydrolysis) is 1. The van der Waals surface area contributed by atoms with Gasteiger partial charge >= 0.3 is 12.1 Å². The topological polar surface area (TPSA) is 123 Å². The van der Waals surface area contributed by atoms with Crippen LogP contribution in [0.4, 0.5) is 4.79 Å². The van der Waals surface area contributed by atoms with E-state index in [1.54, 1.807) is 18.7 Å². The van der Waals surface area contributed by atoms with Crippen molar-refractivity contribution < 1.29 is 33.4 Å². The van der Waals surface area contributed by atoms with Crippen molar-refractivity contribution in [1.82, 2.24) is 15.5 Å². The zero-order chi connectivity index (χ0) is 22.4. The minimum atomic E-state index is -0.880. The molecule has 2 N–H and O–H groups in total. The van der Waals surface area contributed by atoms with Gasteiger partial charge < -0.3 is 29.7 Å². The lowest BCUT2D eigenvalue weighted by molar-refractivity contribution is -0.160. The van der Waals surface area contributed by atoms with Crippen molar-refractivity contribution in [3.05, 3.63) is 35.9 Å². The van der Waals surface area contributed by atoms with E-state index < -0.39 is 24.0 Å². The minimum absolute atomic E-state index is 0.00225. The van der Waals surface area contributed by atoms with Crippen molar-refractivity contribution >= 4 is 23.9 Å². The van der Waals surface area contributed by atoms with E-state index >= 15 is 0 Å². The van der Waals surface area contributed by atoms with E-state index in [-0.39, 0.29) is 43.9 Å². The van der Waals surface area contributed by atoms with Gasteiger partial charge in [-0.15, -0.1) is 0 Å². The highest BCUT2D eigenvalue weighted by molar-refractivity contribution is 5.87. The predicted molar refractivity (Wildman–Crippen MR) is 107 cm³/mol. The maximum Gasteiger partial charge on any atom is 0.407 e. The van der Waals surface area contributed by atoms with Crippen LogP contribution in [0.25, 0.3) is 0 Å². The van der Waals surface area contributed by atoms with E-state index in [4.69, 9.17) is 14.2 Å². The van der Waals surface area contributed by atoms with Gasteiger partial charge in [0.15, 0.2) is 0 Å². The Kier molecular flexibility index (Phi) is 7.45. The van der Waals surface area contributed by atoms with Gasteiger partial charge in [-0.2, -0.15) is 0 Å². The fraction of sp³-hybridized carbons (Fsp3) is 0.524. The first-order valence-electron chi connectivity index (χ1n) is 10.2. The van der Waals surface area contributed by atoms with Crippen molar-refractivity contribution in [2.45, 2.75) is 45.2 Å². The summed E-state index contributed by atoms with van der Waals surface area (Å²) in [5.41, 5.74) is 0.824. The van der Waals surface area contributed by atoms with E-state index in [2.05, 4.69) is 10.6 Å². The van der Waals surface area contributed by atoms with Crippen LogP contribution in [0.5, 0.6) is 0 Å². The molecule has 3 unspecified atom stereocenters. The Balaban J connectivity index is 1.37. The molecule has 2 fully saturated rings. The highest BCUT2D eigenvalue weighted by atomic mass is 16.6. The second-order valence-electron chi connectivity index (χ2n) is 7.80. The van der Waals surface area contributed by atoms with Crippen LogP contribution in [0.1, 0.15) is 25.8 Å². The number of hydrogen-bond acceptors (Lipinski definition) is 7. The van der Waals surface area contributed by atoms with Gasteiger partial charge in [0.2, 0.25) is 11.8 Å². The largest absolute Gasteiger partial charge is 0.461 e. The molecule has 0 radical (unpaired) electrons. The molecule has 1 aromatic rings. The fourth-order valence-electron chi connectivity index (χ4n) is 3.26. The van der Waals surface area contributed by atoms with Crippen LogP contribution in [-0.2, 0) is 35.2 Å². The van der Waals surface area contributed by atoms with Crippen molar-refractivity contribution in [3.63, 3.8) is 0 Å². The molecular formula is C21H27N3O7. The number of hydrogen-bond donors (Lipinski definition) is 2. The number of β-lactam (4-membered cyclic amide) rings is 1. The van der Waals surface area contributed by atoms with E-state index in [0.717, 1.165) is 5.56 Å². The van der Waals surface area contributed by atoms with Crippen molar-refractivity contribution in [1.29, 1.82) is 0 Å². The van der Waals surface area contributed by atoms with E-state index in [1.165, 1.54) is 0 Å². The number of nitrogens with zero attached hydrogens (tertiary/aromatic N) is 1. The molecule has 2 aliphatic heterocycles. The molecule has 2 aliphatic rings. The number of ether oxygens (including phenoxy) is 3. The Hall–Kier alpha value is -3.14. The third-order valence-electron chi connectivity index (χ3n) is 5.02. The van der Waals surface area contributed by atoms with Gasteiger partial charge in [-0.1, -0.05) is 44.2 Å². The third-order valence-corrected chi connectivity index (χ3v) is 5.02. The Labute approximate surface area is 180 Å². The molecule has 1 aromatic carbocycles. The van der Waals surface area contributed by atoms with Crippen LogP contribution in [0, 0.1) is 5.92 Å². The summed E-state index contributed by atoms with van der Waals surface area (Å²) in [6.07, 6.45) is -0.967. The molecule has 0 aromatic heterocycles. The second kappa shape index (κ2) is 10.3. The molecule has 10 heteroatoms. The van der Waals surface area contributed by atoms with Gasteiger partial charge in [-0.25, -0.2) is 9.59 Å². The Morgan fingerprint density at radius 2 is 1.94 bits per heavy atom. The third kappa shape index (κ3) is 6.17. The van der Waals surface area contributed by atoms with Gasteiger partial charge in [-0.3, -0.25) is 9.59 Å². The molecule has 3 atom stereocenters. The Morgan fingerprint density at radius 3 is 2.58 bits per heavy atom. The summed E-state index contributed by atoms with van der Waals surface area (Å²) in [6, 6.07) is 8.26. The molecule has 0 aliphatic carbocycles. The number of carbonyl (C=O) groups is 4. The van der Waals surface area contributed by atoms with Crippen molar-refractivity contribution in [2.24, 2.45) is 5.92 Å². The van der Waals surface area contributed by atoms with E-state index in [1.807, 2.05) is 30.3 Å². The number of amides is 3. The average molecular weight is 433 g/mol. The Morgan fingerprint density at radius 1 is 1.19 bits per heavy atom. The quantitative estimate of drug-likeness (QED) is 0.431. The molecule has 3 amide bonds. The monoisotopic (exact) mass is 433 g/mol. The second-order valence-corrected chi connectivity index (χ2v) is 7.80. The predicted octanol–water partition coefficient (Wildman–Crippen LogP) is 0.554. The molecule has 2 heterocycles. The summed E-state index contributed by atoms with van der Waals surface area (Å²) < 4.78 is 15.9. The summed E-state index contributed by atoms with van der Waals surface area (Å²) in [6.45, 7) is 3.68. The number of esters is 1. The van der Waals surface area contributed by atoms with Crippen LogP contribution < -0.4 is 10.6 Å². The summed E-state index contributed by atoms with van der Waals surface area (Å²) in [7, 11) is 0. The molecule has 2 saturated heterocycles. The molecule has 0 spiro atoms. The number of nitrogens with one attached hydrogen (secondary N) is 2.